The van der Waals surface area contributed by atoms with Crippen LogP contribution >= 0.6 is 0 Å². The van der Waals surface area contributed by atoms with Crippen molar-refractivity contribution in [3.05, 3.63) is 36.5 Å². The molecule has 0 aliphatic rings. The number of carbonyl (C=O) groups excluding carboxylic acids is 3. The summed E-state index contributed by atoms with van der Waals surface area (Å²) in [7, 11) is 0. The summed E-state index contributed by atoms with van der Waals surface area (Å²) in [6.45, 7) is 6.70. The molecule has 0 amide bonds. The lowest BCUT2D eigenvalue weighted by atomic mass is 10.0. The van der Waals surface area contributed by atoms with Gasteiger partial charge in [0.05, 0.1) is 0 Å². The van der Waals surface area contributed by atoms with E-state index in [1.54, 1.807) is 0 Å². The van der Waals surface area contributed by atoms with Gasteiger partial charge in [-0.15, -0.1) is 0 Å². The number of hydrogen-bond donors (Lipinski definition) is 0. The molecule has 0 saturated carbocycles. The lowest BCUT2D eigenvalue weighted by Gasteiger charge is -2.18. The van der Waals surface area contributed by atoms with Crippen LogP contribution in [0.4, 0.5) is 0 Å². The number of hydrogen-bond acceptors (Lipinski definition) is 6. The molecular formula is C77H144O6. The maximum atomic E-state index is 13.0. The highest BCUT2D eigenvalue weighted by Gasteiger charge is 2.20. The van der Waals surface area contributed by atoms with Crippen LogP contribution < -0.4 is 0 Å². The third kappa shape index (κ3) is 70.3. The molecule has 0 saturated heterocycles. The molecule has 0 aromatic rings. The minimum atomic E-state index is -0.772. The van der Waals surface area contributed by atoms with E-state index in [0.29, 0.717) is 19.3 Å². The zero-order valence-corrected chi connectivity index (χ0v) is 56.2. The highest BCUT2D eigenvalue weighted by Crippen LogP contribution is 2.19. The maximum Gasteiger partial charge on any atom is 0.306 e. The van der Waals surface area contributed by atoms with Crippen molar-refractivity contribution >= 4 is 17.9 Å². The Kier molecular flexibility index (Phi) is 70.0. The summed E-state index contributed by atoms with van der Waals surface area (Å²) in [6, 6.07) is 0. The van der Waals surface area contributed by atoms with Crippen LogP contribution in [-0.2, 0) is 28.6 Å². The molecule has 0 spiro atoms. The lowest BCUT2D eigenvalue weighted by molar-refractivity contribution is -0.167. The summed E-state index contributed by atoms with van der Waals surface area (Å²) in [4.78, 5) is 38.5. The second-order valence-corrected chi connectivity index (χ2v) is 25.6. The van der Waals surface area contributed by atoms with E-state index in [9.17, 15) is 14.4 Å². The molecule has 6 heteroatoms. The van der Waals surface area contributed by atoms with E-state index >= 15 is 0 Å². The van der Waals surface area contributed by atoms with Gasteiger partial charge < -0.3 is 14.2 Å². The first kappa shape index (κ1) is 80.6. The molecule has 488 valence electrons. The van der Waals surface area contributed by atoms with E-state index < -0.39 is 6.10 Å². The second-order valence-electron chi connectivity index (χ2n) is 25.6. The highest BCUT2D eigenvalue weighted by atomic mass is 16.6. The molecule has 0 aromatic heterocycles. The predicted molar refractivity (Wildman–Crippen MR) is 362 cm³/mol. The quantitative estimate of drug-likeness (QED) is 0.0261. The van der Waals surface area contributed by atoms with Gasteiger partial charge in [0.2, 0.25) is 0 Å². The molecule has 0 heterocycles. The van der Waals surface area contributed by atoms with Gasteiger partial charge in [-0.1, -0.05) is 378 Å². The van der Waals surface area contributed by atoms with Gasteiger partial charge in [-0.05, 0) is 57.8 Å². The van der Waals surface area contributed by atoms with E-state index in [-0.39, 0.29) is 31.1 Å². The van der Waals surface area contributed by atoms with Gasteiger partial charge in [-0.3, -0.25) is 14.4 Å². The van der Waals surface area contributed by atoms with Gasteiger partial charge in [0.15, 0.2) is 6.10 Å². The number of ether oxygens (including phenoxy) is 3. The smallest absolute Gasteiger partial charge is 0.306 e. The van der Waals surface area contributed by atoms with Crippen LogP contribution in [-0.4, -0.2) is 37.2 Å². The monoisotopic (exact) mass is 1170 g/mol. The van der Waals surface area contributed by atoms with E-state index in [4.69, 9.17) is 14.2 Å². The largest absolute Gasteiger partial charge is 0.462 e. The zero-order valence-electron chi connectivity index (χ0n) is 56.2. The maximum absolute atomic E-state index is 13.0. The van der Waals surface area contributed by atoms with Crippen LogP contribution in [0.3, 0.4) is 0 Å². The molecule has 0 bridgehead atoms. The fourth-order valence-electron chi connectivity index (χ4n) is 11.5. The van der Waals surface area contributed by atoms with E-state index in [1.807, 2.05) is 0 Å². The molecule has 0 fully saturated rings. The van der Waals surface area contributed by atoms with Crippen molar-refractivity contribution in [2.75, 3.05) is 13.2 Å². The summed E-state index contributed by atoms with van der Waals surface area (Å²) in [5.41, 5.74) is 0. The number of esters is 3. The fourth-order valence-corrected chi connectivity index (χ4v) is 11.5. The molecule has 1 atom stereocenters. The molecule has 0 aliphatic heterocycles. The van der Waals surface area contributed by atoms with Gasteiger partial charge >= 0.3 is 17.9 Å². The molecule has 83 heavy (non-hydrogen) atoms. The Morgan fingerprint density at radius 3 is 0.675 bits per heavy atom. The summed E-state index contributed by atoms with van der Waals surface area (Å²) in [5.74, 6) is -0.840. The molecule has 6 nitrogen and oxygen atoms in total. The van der Waals surface area contributed by atoms with E-state index in [2.05, 4.69) is 57.2 Å². The Labute approximate surface area is 518 Å². The van der Waals surface area contributed by atoms with Crippen LogP contribution in [0.5, 0.6) is 0 Å². The van der Waals surface area contributed by atoms with Gasteiger partial charge in [-0.2, -0.15) is 0 Å². The molecule has 0 N–H and O–H groups in total. The van der Waals surface area contributed by atoms with Crippen LogP contribution in [0, 0.1) is 0 Å². The minimum absolute atomic E-state index is 0.0675. The van der Waals surface area contributed by atoms with E-state index in [1.165, 1.54) is 308 Å². The van der Waals surface area contributed by atoms with Crippen molar-refractivity contribution in [3.63, 3.8) is 0 Å². The average molecular weight is 1170 g/mol. The number of rotatable bonds is 70. The topological polar surface area (TPSA) is 78.9 Å². The van der Waals surface area contributed by atoms with E-state index in [0.717, 1.165) is 70.6 Å². The van der Waals surface area contributed by atoms with Gasteiger partial charge in [0.1, 0.15) is 13.2 Å². The Morgan fingerprint density at radius 2 is 0.434 bits per heavy atom. The third-order valence-corrected chi connectivity index (χ3v) is 17.1. The SMILES string of the molecule is CCCCCCC/C=C\C/C=C\C/C=C\CCCCCCCCCCCCC(=O)OC(COC(=O)CCCCCCCCCCCCCC)COC(=O)CCCCCCCCCCCCCCCCCCCCCCCCCCCCCC. The molecule has 0 aromatic carbocycles. The predicted octanol–water partition coefficient (Wildman–Crippen LogP) is 25.9. The first-order valence-corrected chi connectivity index (χ1v) is 37.5. The van der Waals surface area contributed by atoms with Crippen LogP contribution in [0.2, 0.25) is 0 Å². The summed E-state index contributed by atoms with van der Waals surface area (Å²) < 4.78 is 17.0. The van der Waals surface area contributed by atoms with Crippen LogP contribution in [0.15, 0.2) is 36.5 Å². The van der Waals surface area contributed by atoms with Gasteiger partial charge in [0.25, 0.3) is 0 Å². The average Bonchev–Trinajstić information content (AvgIpc) is 3.49. The molecule has 0 rings (SSSR count). The van der Waals surface area contributed by atoms with Crippen molar-refractivity contribution < 1.29 is 28.6 Å². The first-order valence-electron chi connectivity index (χ1n) is 37.5. The van der Waals surface area contributed by atoms with Crippen molar-refractivity contribution in [2.45, 2.75) is 425 Å². The molecule has 0 aliphatic carbocycles. The van der Waals surface area contributed by atoms with Crippen molar-refractivity contribution in [2.24, 2.45) is 0 Å². The summed E-state index contributed by atoms with van der Waals surface area (Å²) in [6.07, 6.45) is 90.5. The van der Waals surface area contributed by atoms with Gasteiger partial charge in [0, 0.05) is 19.3 Å². The van der Waals surface area contributed by atoms with Gasteiger partial charge in [-0.25, -0.2) is 0 Å². The Hall–Kier alpha value is -2.37. The zero-order chi connectivity index (χ0) is 59.9. The summed E-state index contributed by atoms with van der Waals surface area (Å²) >= 11 is 0. The van der Waals surface area contributed by atoms with Crippen molar-refractivity contribution in [3.8, 4) is 0 Å². The number of allylic oxidation sites excluding steroid dienone is 6. The Balaban J connectivity index is 4.18. The Bertz CT molecular complexity index is 1380. The molecular weight excluding hydrogens is 1020 g/mol. The lowest BCUT2D eigenvalue weighted by Crippen LogP contribution is -2.30. The Morgan fingerprint density at radius 1 is 0.241 bits per heavy atom. The first-order chi connectivity index (χ1) is 41.0. The number of carbonyl (C=O) groups is 3. The minimum Gasteiger partial charge on any atom is -0.462 e. The second kappa shape index (κ2) is 72.1. The molecule has 0 radical (unpaired) electrons. The van der Waals surface area contributed by atoms with Crippen LogP contribution in [0.1, 0.15) is 419 Å². The van der Waals surface area contributed by atoms with Crippen molar-refractivity contribution in [1.29, 1.82) is 0 Å². The van der Waals surface area contributed by atoms with Crippen molar-refractivity contribution in [1.82, 2.24) is 0 Å². The third-order valence-electron chi connectivity index (χ3n) is 17.1. The highest BCUT2D eigenvalue weighted by molar-refractivity contribution is 5.71. The normalized spacial score (nSPS) is 12.2. The summed E-state index contributed by atoms with van der Waals surface area (Å²) in [5, 5.41) is 0. The fraction of sp³-hybridized carbons (Fsp3) is 0.883. The number of unbranched alkanes of at least 4 members (excludes halogenated alkanes) is 53. The standard InChI is InChI=1S/C77H144O6/c1-4-7-10-13-16-19-22-25-27-29-31-33-35-37-38-39-41-42-44-46-48-50-52-55-58-61-64-67-70-76(79)82-73-74(72-81-75(78)69-66-63-60-57-54-24-21-18-15-12-9-6-3)83-77(80)71-68-65-62-59-56-53-51-49-47-45-43-40-36-34-32-30-28-26-23-20-17-14-11-8-5-2/h23,26,30,32,36,40,74H,4-22,24-25,27-29,31,33-35,37-39,41-73H2,1-3H3/b26-23-,32-30-,40-36-. The van der Waals surface area contributed by atoms with Crippen LogP contribution in [0.25, 0.3) is 0 Å². The molecule has 1 unspecified atom stereocenters.